The van der Waals surface area contributed by atoms with E-state index >= 15 is 0 Å². The van der Waals surface area contributed by atoms with E-state index in [1.54, 1.807) is 13.8 Å². The van der Waals surface area contributed by atoms with Crippen molar-refractivity contribution in [2.24, 2.45) is 5.92 Å². The number of hydrogen-bond acceptors (Lipinski definition) is 2. The van der Waals surface area contributed by atoms with E-state index in [1.165, 1.54) is 0 Å². The molecule has 48 valence electrons. The van der Waals surface area contributed by atoms with E-state index in [0.29, 0.717) is 6.29 Å². The maximum atomic E-state index is 10.1. The van der Waals surface area contributed by atoms with E-state index in [0.717, 1.165) is 0 Å². The van der Waals surface area contributed by atoms with Crippen LogP contribution in [0.25, 0.3) is 0 Å². The zero-order chi connectivity index (χ0) is 5.86. The SMILES string of the molecule is CC(C)C(=O)C=O.O. The average molecular weight is 118 g/mol. The van der Waals surface area contributed by atoms with Gasteiger partial charge in [0, 0.05) is 5.92 Å². The average Bonchev–Trinajstić information content (AvgIpc) is 1.65. The van der Waals surface area contributed by atoms with Gasteiger partial charge in [0.2, 0.25) is 0 Å². The Morgan fingerprint density at radius 1 is 1.50 bits per heavy atom. The van der Waals surface area contributed by atoms with Crippen molar-refractivity contribution in [3.8, 4) is 0 Å². The van der Waals surface area contributed by atoms with Crippen LogP contribution >= 0.6 is 0 Å². The van der Waals surface area contributed by atoms with Crippen LogP contribution in [0.15, 0.2) is 0 Å². The van der Waals surface area contributed by atoms with E-state index in [4.69, 9.17) is 0 Å². The van der Waals surface area contributed by atoms with Gasteiger partial charge < -0.3 is 5.48 Å². The Labute approximate surface area is 48.0 Å². The maximum Gasteiger partial charge on any atom is 0.197 e. The van der Waals surface area contributed by atoms with Gasteiger partial charge in [0.15, 0.2) is 12.1 Å². The molecule has 0 saturated carbocycles. The fourth-order valence-corrected chi connectivity index (χ4v) is 0.136. The van der Waals surface area contributed by atoms with Crippen LogP contribution in [0, 0.1) is 5.92 Å². The van der Waals surface area contributed by atoms with Crippen LogP contribution in [0.1, 0.15) is 13.8 Å². The highest BCUT2D eigenvalue weighted by molar-refractivity contribution is 6.25. The summed E-state index contributed by atoms with van der Waals surface area (Å²) in [5.41, 5.74) is 0. The van der Waals surface area contributed by atoms with Crippen LogP contribution in [0.5, 0.6) is 0 Å². The minimum atomic E-state index is -0.333. The number of Topliss-reactive ketones (excluding diaryl/α,β-unsaturated/α-hetero) is 1. The van der Waals surface area contributed by atoms with Crippen molar-refractivity contribution in [3.63, 3.8) is 0 Å². The highest BCUT2D eigenvalue weighted by Gasteiger charge is 2.01. The van der Waals surface area contributed by atoms with Crippen molar-refractivity contribution in [1.29, 1.82) is 0 Å². The lowest BCUT2D eigenvalue weighted by Crippen LogP contribution is -2.06. The first-order valence-corrected chi connectivity index (χ1v) is 2.17. The molecule has 0 saturated heterocycles. The number of ketones is 1. The molecule has 0 fully saturated rings. The summed E-state index contributed by atoms with van der Waals surface area (Å²) in [7, 11) is 0. The molecular weight excluding hydrogens is 108 g/mol. The Kier molecular flexibility index (Phi) is 5.75. The van der Waals surface area contributed by atoms with Crippen LogP contribution in [0.4, 0.5) is 0 Å². The van der Waals surface area contributed by atoms with Crippen molar-refractivity contribution in [1.82, 2.24) is 0 Å². The summed E-state index contributed by atoms with van der Waals surface area (Å²) in [6, 6.07) is 0. The Morgan fingerprint density at radius 2 is 1.88 bits per heavy atom. The van der Waals surface area contributed by atoms with Crippen molar-refractivity contribution in [3.05, 3.63) is 0 Å². The molecule has 8 heavy (non-hydrogen) atoms. The molecule has 0 aromatic rings. The molecular formula is C5H10O3. The minimum Gasteiger partial charge on any atom is -0.412 e. The second kappa shape index (κ2) is 4.46. The van der Waals surface area contributed by atoms with Gasteiger partial charge in [-0.1, -0.05) is 13.8 Å². The quantitative estimate of drug-likeness (QED) is 0.365. The highest BCUT2D eigenvalue weighted by Crippen LogP contribution is 1.88. The van der Waals surface area contributed by atoms with Gasteiger partial charge in [-0.25, -0.2) is 0 Å². The van der Waals surface area contributed by atoms with Gasteiger partial charge >= 0.3 is 0 Å². The number of carbonyl (C=O) groups excluding carboxylic acids is 2. The first kappa shape index (κ1) is 10.3. The fourth-order valence-electron chi connectivity index (χ4n) is 0.136. The molecule has 0 radical (unpaired) electrons. The van der Waals surface area contributed by atoms with Crippen LogP contribution in [0.2, 0.25) is 0 Å². The van der Waals surface area contributed by atoms with E-state index < -0.39 is 0 Å². The molecule has 0 aliphatic carbocycles. The van der Waals surface area contributed by atoms with E-state index in [-0.39, 0.29) is 17.2 Å². The van der Waals surface area contributed by atoms with Gasteiger partial charge in [-0.3, -0.25) is 9.59 Å². The largest absolute Gasteiger partial charge is 0.412 e. The third kappa shape index (κ3) is 3.49. The summed E-state index contributed by atoms with van der Waals surface area (Å²) in [6.45, 7) is 3.38. The molecule has 0 aromatic carbocycles. The predicted molar refractivity (Wildman–Crippen MR) is 29.5 cm³/mol. The van der Waals surface area contributed by atoms with Crippen molar-refractivity contribution < 1.29 is 15.1 Å². The standard InChI is InChI=1S/C5H8O2.H2O/c1-4(2)5(7)3-6;/h3-4H,1-2H3;1H2. The molecule has 0 rings (SSSR count). The lowest BCUT2D eigenvalue weighted by Gasteiger charge is -1.89. The van der Waals surface area contributed by atoms with E-state index in [2.05, 4.69) is 0 Å². The molecule has 0 spiro atoms. The van der Waals surface area contributed by atoms with Crippen molar-refractivity contribution in [2.75, 3.05) is 0 Å². The van der Waals surface area contributed by atoms with Crippen LogP contribution in [0.3, 0.4) is 0 Å². The smallest absolute Gasteiger partial charge is 0.197 e. The van der Waals surface area contributed by atoms with Crippen LogP contribution in [-0.4, -0.2) is 17.5 Å². The van der Waals surface area contributed by atoms with Gasteiger partial charge in [0.25, 0.3) is 0 Å². The molecule has 0 aromatic heterocycles. The lowest BCUT2D eigenvalue weighted by molar-refractivity contribution is -0.131. The molecule has 0 heterocycles. The Hall–Kier alpha value is -0.700. The summed E-state index contributed by atoms with van der Waals surface area (Å²) >= 11 is 0. The van der Waals surface area contributed by atoms with Gasteiger partial charge in [0.05, 0.1) is 0 Å². The summed E-state index contributed by atoms with van der Waals surface area (Å²) < 4.78 is 0. The monoisotopic (exact) mass is 118 g/mol. The molecule has 0 amide bonds. The Morgan fingerprint density at radius 3 is 1.88 bits per heavy atom. The summed E-state index contributed by atoms with van der Waals surface area (Å²) in [5.74, 6) is -0.475. The minimum absolute atomic E-state index is 0. The topological polar surface area (TPSA) is 65.6 Å². The van der Waals surface area contributed by atoms with Crippen molar-refractivity contribution >= 4 is 12.1 Å². The molecule has 0 unspecified atom stereocenters. The van der Waals surface area contributed by atoms with E-state index in [1.807, 2.05) is 0 Å². The third-order valence-corrected chi connectivity index (χ3v) is 0.685. The lowest BCUT2D eigenvalue weighted by atomic mass is 10.1. The first-order chi connectivity index (χ1) is 3.18. The molecule has 0 atom stereocenters. The second-order valence-corrected chi connectivity index (χ2v) is 1.67. The predicted octanol–water partition coefficient (Wildman–Crippen LogP) is -0.414. The number of hydrogen-bond donors (Lipinski definition) is 0. The molecule has 2 N–H and O–H groups in total. The van der Waals surface area contributed by atoms with E-state index in [9.17, 15) is 9.59 Å². The molecule has 0 bridgehead atoms. The number of aldehydes is 1. The van der Waals surface area contributed by atoms with Crippen molar-refractivity contribution in [2.45, 2.75) is 13.8 Å². The Balaban J connectivity index is 0. The molecule has 3 nitrogen and oxygen atoms in total. The Bertz CT molecular complexity index is 85.7. The number of carbonyl (C=O) groups is 2. The van der Waals surface area contributed by atoms with Gasteiger partial charge in [-0.15, -0.1) is 0 Å². The zero-order valence-corrected chi connectivity index (χ0v) is 4.97. The van der Waals surface area contributed by atoms with Gasteiger partial charge in [-0.2, -0.15) is 0 Å². The zero-order valence-electron chi connectivity index (χ0n) is 4.97. The van der Waals surface area contributed by atoms with Gasteiger partial charge in [-0.05, 0) is 0 Å². The highest BCUT2D eigenvalue weighted by atomic mass is 16.2. The molecule has 3 heteroatoms. The van der Waals surface area contributed by atoms with Crippen LogP contribution < -0.4 is 0 Å². The molecule has 0 aliphatic rings. The second-order valence-electron chi connectivity index (χ2n) is 1.67. The maximum absolute atomic E-state index is 10.1. The summed E-state index contributed by atoms with van der Waals surface area (Å²) in [6.07, 6.45) is 0.352. The summed E-state index contributed by atoms with van der Waals surface area (Å²) in [5, 5.41) is 0. The first-order valence-electron chi connectivity index (χ1n) is 2.17. The van der Waals surface area contributed by atoms with Gasteiger partial charge in [0.1, 0.15) is 0 Å². The third-order valence-electron chi connectivity index (χ3n) is 0.685. The summed E-state index contributed by atoms with van der Waals surface area (Å²) in [4.78, 5) is 19.7. The number of rotatable bonds is 2. The normalized spacial score (nSPS) is 7.88. The molecule has 0 aliphatic heterocycles. The van der Waals surface area contributed by atoms with Crippen LogP contribution in [-0.2, 0) is 9.59 Å². The fraction of sp³-hybridized carbons (Fsp3) is 0.600.